The van der Waals surface area contributed by atoms with E-state index in [1.165, 1.54) is 14.2 Å². The first kappa shape index (κ1) is 16.8. The summed E-state index contributed by atoms with van der Waals surface area (Å²) < 4.78 is 5.68. The summed E-state index contributed by atoms with van der Waals surface area (Å²) in [5.74, 6) is 0.118. The van der Waals surface area contributed by atoms with Gasteiger partial charge in [-0.15, -0.1) is 0 Å². The molecule has 0 aliphatic heterocycles. The maximum absolute atomic E-state index is 12.0. The smallest absolute Gasteiger partial charge is 0.273 e. The Bertz CT molecular complexity index is 719. The molecular weight excluding hydrogens is 318 g/mol. The van der Waals surface area contributed by atoms with E-state index in [0.29, 0.717) is 11.3 Å². The molecule has 0 aliphatic rings. The number of likely N-dealkylation sites (N-methyl/N-ethyl adjacent to an activating group) is 1. The number of nitrogens with one attached hydrogen (secondary N) is 1. The number of hydrogen-bond donors (Lipinski definition) is 1. The van der Waals surface area contributed by atoms with Crippen LogP contribution >= 0.6 is 11.6 Å². The summed E-state index contributed by atoms with van der Waals surface area (Å²) in [6.45, 7) is 0.210. The molecule has 120 valence electrons. The number of amides is 1. The molecule has 0 bridgehead atoms. The van der Waals surface area contributed by atoms with Crippen molar-refractivity contribution in [3.8, 4) is 5.75 Å². The fourth-order valence-electron chi connectivity index (χ4n) is 1.93. The molecule has 2 aromatic rings. The van der Waals surface area contributed by atoms with Crippen molar-refractivity contribution in [3.63, 3.8) is 0 Å². The van der Waals surface area contributed by atoms with Crippen LogP contribution in [0.1, 0.15) is 11.1 Å². The molecule has 0 unspecified atom stereocenters. The Hall–Kier alpha value is -2.60. The van der Waals surface area contributed by atoms with E-state index >= 15 is 0 Å². The van der Waals surface area contributed by atoms with Crippen LogP contribution in [0.4, 0.5) is 0 Å². The summed E-state index contributed by atoms with van der Waals surface area (Å²) in [5, 5.41) is 6.63. The quantitative estimate of drug-likeness (QED) is 0.500. The van der Waals surface area contributed by atoms with Gasteiger partial charge in [0, 0.05) is 18.8 Å². The SMILES string of the molecule is CNC(=O)/C(=N\OC)c1ccccc1COc1cccnc1Cl. The van der Waals surface area contributed by atoms with Crippen LogP contribution in [0.15, 0.2) is 47.8 Å². The molecule has 7 heteroatoms. The van der Waals surface area contributed by atoms with E-state index in [-0.39, 0.29) is 23.4 Å². The minimum Gasteiger partial charge on any atom is -0.486 e. The van der Waals surface area contributed by atoms with Crippen LogP contribution in [0.3, 0.4) is 0 Å². The lowest BCUT2D eigenvalue weighted by molar-refractivity contribution is -0.114. The largest absolute Gasteiger partial charge is 0.486 e. The Balaban J connectivity index is 2.28. The number of ether oxygens (including phenoxy) is 1. The van der Waals surface area contributed by atoms with E-state index in [9.17, 15) is 4.79 Å². The van der Waals surface area contributed by atoms with Crippen molar-refractivity contribution in [1.29, 1.82) is 0 Å². The van der Waals surface area contributed by atoms with E-state index in [1.807, 2.05) is 18.2 Å². The van der Waals surface area contributed by atoms with Crippen LogP contribution in [0.5, 0.6) is 5.75 Å². The van der Waals surface area contributed by atoms with Gasteiger partial charge in [0.05, 0.1) is 0 Å². The zero-order valence-corrected chi connectivity index (χ0v) is 13.5. The van der Waals surface area contributed by atoms with Crippen molar-refractivity contribution in [2.75, 3.05) is 14.2 Å². The third-order valence-corrected chi connectivity index (χ3v) is 3.29. The highest BCUT2D eigenvalue weighted by atomic mass is 35.5. The van der Waals surface area contributed by atoms with Crippen LogP contribution in [0, 0.1) is 0 Å². The molecule has 1 N–H and O–H groups in total. The first-order valence-corrected chi connectivity index (χ1v) is 7.20. The van der Waals surface area contributed by atoms with Crippen molar-refractivity contribution in [2.24, 2.45) is 5.16 Å². The van der Waals surface area contributed by atoms with Crippen molar-refractivity contribution >= 4 is 23.2 Å². The molecule has 1 heterocycles. The zero-order chi connectivity index (χ0) is 16.7. The lowest BCUT2D eigenvalue weighted by Crippen LogP contribution is -2.29. The van der Waals surface area contributed by atoms with Gasteiger partial charge in [0.15, 0.2) is 16.6 Å². The van der Waals surface area contributed by atoms with Crippen LogP contribution in [0.25, 0.3) is 0 Å². The van der Waals surface area contributed by atoms with E-state index in [0.717, 1.165) is 5.56 Å². The van der Waals surface area contributed by atoms with E-state index in [4.69, 9.17) is 21.2 Å². The third kappa shape index (κ3) is 4.20. The van der Waals surface area contributed by atoms with Gasteiger partial charge >= 0.3 is 0 Å². The minimum absolute atomic E-state index is 0.173. The summed E-state index contributed by atoms with van der Waals surface area (Å²) in [4.78, 5) is 20.7. The topological polar surface area (TPSA) is 72.8 Å². The number of benzene rings is 1. The van der Waals surface area contributed by atoms with Gasteiger partial charge in [-0.2, -0.15) is 0 Å². The first-order chi connectivity index (χ1) is 11.2. The number of aromatic nitrogens is 1. The summed E-state index contributed by atoms with van der Waals surface area (Å²) in [5.41, 5.74) is 1.56. The van der Waals surface area contributed by atoms with Crippen molar-refractivity contribution in [1.82, 2.24) is 10.3 Å². The van der Waals surface area contributed by atoms with Gasteiger partial charge in [-0.25, -0.2) is 4.98 Å². The third-order valence-electron chi connectivity index (χ3n) is 3.01. The highest BCUT2D eigenvalue weighted by Gasteiger charge is 2.17. The molecule has 23 heavy (non-hydrogen) atoms. The number of carbonyl (C=O) groups is 1. The monoisotopic (exact) mass is 333 g/mol. The maximum atomic E-state index is 12.0. The number of pyridine rings is 1. The average molecular weight is 334 g/mol. The molecule has 2 rings (SSSR count). The number of hydrogen-bond acceptors (Lipinski definition) is 5. The molecule has 0 radical (unpaired) electrons. The van der Waals surface area contributed by atoms with Crippen molar-refractivity contribution < 1.29 is 14.4 Å². The Morgan fingerprint density at radius 2 is 2.09 bits per heavy atom. The van der Waals surface area contributed by atoms with E-state index < -0.39 is 0 Å². The molecule has 0 fully saturated rings. The van der Waals surface area contributed by atoms with Gasteiger partial charge in [0.25, 0.3) is 5.91 Å². The average Bonchev–Trinajstić information content (AvgIpc) is 2.59. The molecule has 0 atom stereocenters. The molecular formula is C16H16ClN3O3. The zero-order valence-electron chi connectivity index (χ0n) is 12.7. The first-order valence-electron chi connectivity index (χ1n) is 6.82. The number of carbonyl (C=O) groups excluding carboxylic acids is 1. The van der Waals surface area contributed by atoms with Gasteiger partial charge in [-0.1, -0.05) is 41.0 Å². The minimum atomic E-state index is -0.348. The molecule has 0 saturated heterocycles. The molecule has 1 aromatic carbocycles. The number of rotatable bonds is 6. The Morgan fingerprint density at radius 1 is 1.30 bits per heavy atom. The number of oxime groups is 1. The fraction of sp³-hybridized carbons (Fsp3) is 0.188. The molecule has 0 aliphatic carbocycles. The predicted molar refractivity (Wildman–Crippen MR) is 87.6 cm³/mol. The Morgan fingerprint density at radius 3 is 2.78 bits per heavy atom. The fourth-order valence-corrected chi connectivity index (χ4v) is 2.11. The predicted octanol–water partition coefficient (Wildman–Crippen LogP) is 2.41. The second-order valence-electron chi connectivity index (χ2n) is 4.44. The van der Waals surface area contributed by atoms with Gasteiger partial charge in [-0.05, 0) is 17.7 Å². The lowest BCUT2D eigenvalue weighted by Gasteiger charge is -2.12. The van der Waals surface area contributed by atoms with Crippen LogP contribution in [-0.4, -0.2) is 30.8 Å². The summed E-state index contributed by atoms with van der Waals surface area (Å²) >= 11 is 5.97. The Labute approximate surface area is 139 Å². The standard InChI is InChI=1S/C16H16ClN3O3/c1-18-16(21)14(20-22-2)12-7-4-3-6-11(12)10-23-13-8-5-9-19-15(13)17/h3-9H,10H2,1-2H3,(H,18,21)/b20-14-. The highest BCUT2D eigenvalue weighted by molar-refractivity contribution is 6.45. The maximum Gasteiger partial charge on any atom is 0.273 e. The van der Waals surface area contributed by atoms with Crippen molar-refractivity contribution in [3.05, 3.63) is 58.9 Å². The Kier molecular flexibility index (Phi) is 5.94. The van der Waals surface area contributed by atoms with Gasteiger partial charge in [0.1, 0.15) is 13.7 Å². The highest BCUT2D eigenvalue weighted by Crippen LogP contribution is 2.22. The molecule has 0 saturated carbocycles. The second-order valence-corrected chi connectivity index (χ2v) is 4.80. The van der Waals surface area contributed by atoms with E-state index in [1.54, 1.807) is 24.4 Å². The second kappa shape index (κ2) is 8.14. The van der Waals surface area contributed by atoms with Crippen LogP contribution in [0.2, 0.25) is 5.15 Å². The normalized spacial score (nSPS) is 11.0. The number of nitrogens with zero attached hydrogens (tertiary/aromatic N) is 2. The summed E-state index contributed by atoms with van der Waals surface area (Å²) in [6, 6.07) is 10.7. The van der Waals surface area contributed by atoms with Crippen molar-refractivity contribution in [2.45, 2.75) is 6.61 Å². The molecule has 0 spiro atoms. The van der Waals surface area contributed by atoms with Gasteiger partial charge < -0.3 is 14.9 Å². The summed E-state index contributed by atoms with van der Waals surface area (Å²) in [6.07, 6.45) is 1.58. The molecule has 6 nitrogen and oxygen atoms in total. The van der Waals surface area contributed by atoms with E-state index in [2.05, 4.69) is 15.5 Å². The molecule has 1 amide bonds. The van der Waals surface area contributed by atoms with Gasteiger partial charge in [-0.3, -0.25) is 4.79 Å². The molecule has 1 aromatic heterocycles. The van der Waals surface area contributed by atoms with Crippen LogP contribution < -0.4 is 10.1 Å². The van der Waals surface area contributed by atoms with Crippen LogP contribution in [-0.2, 0) is 16.2 Å². The summed E-state index contributed by atoms with van der Waals surface area (Å²) in [7, 11) is 2.92. The number of halogens is 1. The van der Waals surface area contributed by atoms with Gasteiger partial charge in [0.2, 0.25) is 0 Å². The lowest BCUT2D eigenvalue weighted by atomic mass is 10.0.